The Kier molecular flexibility index (Phi) is 9.33. The highest BCUT2D eigenvalue weighted by molar-refractivity contribution is 5.44. The van der Waals surface area contributed by atoms with Gasteiger partial charge in [0.05, 0.1) is 5.69 Å². The first kappa shape index (κ1) is 16.9. The minimum atomic E-state index is 1.03. The maximum atomic E-state index is 5.50. The number of hydrogen-bond acceptors (Lipinski definition) is 3. The first-order valence-electron chi connectivity index (χ1n) is 6.82. The van der Waals surface area contributed by atoms with Gasteiger partial charge in [0, 0.05) is 7.05 Å². The number of aryl methyl sites for hydroxylation is 1. The van der Waals surface area contributed by atoms with E-state index < -0.39 is 0 Å². The van der Waals surface area contributed by atoms with Crippen LogP contribution in [0.15, 0.2) is 24.3 Å². The van der Waals surface area contributed by atoms with E-state index in [0.29, 0.717) is 0 Å². The fraction of sp³-hybridized carbons (Fsp3) is 0.600. The highest BCUT2D eigenvalue weighted by Crippen LogP contribution is 2.09. The largest absolute Gasteiger partial charge is 0.314 e. The van der Waals surface area contributed by atoms with Crippen molar-refractivity contribution in [1.29, 1.82) is 0 Å². The summed E-state index contributed by atoms with van der Waals surface area (Å²) in [4.78, 5) is 2.43. The minimum Gasteiger partial charge on any atom is -0.314 e. The van der Waals surface area contributed by atoms with Gasteiger partial charge >= 0.3 is 0 Å². The average molecular weight is 251 g/mol. The molecule has 0 atom stereocenters. The molecule has 0 bridgehead atoms. The monoisotopic (exact) mass is 251 g/mol. The number of benzene rings is 1. The van der Waals surface area contributed by atoms with Crippen LogP contribution in [0.25, 0.3) is 0 Å². The van der Waals surface area contributed by atoms with Crippen molar-refractivity contribution in [2.24, 2.45) is 5.84 Å². The molecule has 1 aromatic carbocycles. The average Bonchev–Trinajstić information content (AvgIpc) is 2.37. The molecule has 0 spiro atoms. The fourth-order valence-corrected chi connectivity index (χ4v) is 1.64. The number of hydrazine groups is 1. The van der Waals surface area contributed by atoms with Crippen LogP contribution in [-0.4, -0.2) is 31.6 Å². The van der Waals surface area contributed by atoms with Crippen LogP contribution in [0.2, 0.25) is 0 Å². The molecule has 0 radical (unpaired) electrons. The zero-order valence-corrected chi connectivity index (χ0v) is 12.6. The van der Waals surface area contributed by atoms with Crippen LogP contribution in [-0.2, 0) is 0 Å². The third kappa shape index (κ3) is 7.30. The van der Waals surface area contributed by atoms with Gasteiger partial charge in [0.25, 0.3) is 0 Å². The Bertz CT molecular complexity index is 289. The molecule has 3 heteroatoms. The van der Waals surface area contributed by atoms with Crippen LogP contribution in [0.4, 0.5) is 5.69 Å². The molecule has 0 aliphatic rings. The number of nitrogens with zero attached hydrogens (tertiary/aromatic N) is 2. The molecule has 0 heterocycles. The SMILES string of the molecule is CCCN(CC)CC.Cc1ccc(N(C)N)cc1. The summed E-state index contributed by atoms with van der Waals surface area (Å²) in [6.45, 7) is 12.3. The molecule has 1 aromatic rings. The Morgan fingerprint density at radius 1 is 1.00 bits per heavy atom. The van der Waals surface area contributed by atoms with Crippen molar-refractivity contribution >= 4 is 5.69 Å². The highest BCUT2D eigenvalue weighted by atomic mass is 15.4. The summed E-state index contributed by atoms with van der Waals surface area (Å²) >= 11 is 0. The first-order chi connectivity index (χ1) is 8.54. The minimum absolute atomic E-state index is 1.03. The second-order valence-corrected chi connectivity index (χ2v) is 4.47. The molecule has 104 valence electrons. The van der Waals surface area contributed by atoms with Crippen molar-refractivity contribution in [3.63, 3.8) is 0 Å². The van der Waals surface area contributed by atoms with E-state index in [1.807, 2.05) is 31.3 Å². The van der Waals surface area contributed by atoms with E-state index in [-0.39, 0.29) is 0 Å². The lowest BCUT2D eigenvalue weighted by atomic mass is 10.2. The van der Waals surface area contributed by atoms with Gasteiger partial charge < -0.3 is 9.91 Å². The third-order valence-corrected chi connectivity index (χ3v) is 2.88. The standard InChI is InChI=1S/C8H12N2.C7H17N/c1-7-3-5-8(6-4-7)10(2)9;1-4-7-8(5-2)6-3/h3-6H,9H2,1-2H3;4-7H2,1-3H3. The summed E-state index contributed by atoms with van der Waals surface area (Å²) in [6.07, 6.45) is 1.28. The summed E-state index contributed by atoms with van der Waals surface area (Å²) in [6, 6.07) is 8.07. The fourth-order valence-electron chi connectivity index (χ4n) is 1.64. The summed E-state index contributed by atoms with van der Waals surface area (Å²) in [5, 5.41) is 1.60. The van der Waals surface area contributed by atoms with Gasteiger partial charge in [-0.15, -0.1) is 0 Å². The number of rotatable bonds is 5. The third-order valence-electron chi connectivity index (χ3n) is 2.88. The van der Waals surface area contributed by atoms with Crippen LogP contribution >= 0.6 is 0 Å². The summed E-state index contributed by atoms with van der Waals surface area (Å²) in [5.41, 5.74) is 2.29. The molecule has 0 aliphatic heterocycles. The van der Waals surface area contributed by atoms with Crippen LogP contribution in [0.1, 0.15) is 32.8 Å². The molecule has 2 N–H and O–H groups in total. The maximum Gasteiger partial charge on any atom is 0.0514 e. The van der Waals surface area contributed by atoms with E-state index in [2.05, 4.69) is 32.6 Å². The molecule has 1 rings (SSSR count). The van der Waals surface area contributed by atoms with E-state index in [1.54, 1.807) is 5.01 Å². The molecular formula is C15H29N3. The Morgan fingerprint density at radius 2 is 1.50 bits per heavy atom. The Balaban J connectivity index is 0.000000331. The predicted octanol–water partition coefficient (Wildman–Crippen LogP) is 3.04. The molecule has 0 fully saturated rings. The molecule has 18 heavy (non-hydrogen) atoms. The lowest BCUT2D eigenvalue weighted by Crippen LogP contribution is -2.24. The second kappa shape index (κ2) is 9.92. The number of anilines is 1. The molecule has 0 aromatic heterocycles. The van der Waals surface area contributed by atoms with Crippen LogP contribution in [0.3, 0.4) is 0 Å². The first-order valence-corrected chi connectivity index (χ1v) is 6.82. The molecule has 0 saturated carbocycles. The number of hydrogen-bond donors (Lipinski definition) is 1. The van der Waals surface area contributed by atoms with Gasteiger partial charge in [0.1, 0.15) is 0 Å². The zero-order valence-electron chi connectivity index (χ0n) is 12.6. The van der Waals surface area contributed by atoms with Gasteiger partial charge in [-0.05, 0) is 45.1 Å². The summed E-state index contributed by atoms with van der Waals surface area (Å²) in [5.74, 6) is 5.50. The molecule has 3 nitrogen and oxygen atoms in total. The Hall–Kier alpha value is -1.06. The van der Waals surface area contributed by atoms with Crippen molar-refractivity contribution in [3.05, 3.63) is 29.8 Å². The van der Waals surface area contributed by atoms with Gasteiger partial charge in [-0.2, -0.15) is 0 Å². The normalized spacial score (nSPS) is 9.94. The smallest absolute Gasteiger partial charge is 0.0514 e. The zero-order chi connectivity index (χ0) is 14.0. The van der Waals surface area contributed by atoms with E-state index >= 15 is 0 Å². The maximum absolute atomic E-state index is 5.50. The van der Waals surface area contributed by atoms with Gasteiger partial charge in [0.2, 0.25) is 0 Å². The molecule has 0 amide bonds. The van der Waals surface area contributed by atoms with Gasteiger partial charge in [-0.1, -0.05) is 38.5 Å². The quantitative estimate of drug-likeness (QED) is 0.645. The molecular weight excluding hydrogens is 222 g/mol. The van der Waals surface area contributed by atoms with Gasteiger partial charge in [-0.3, -0.25) is 0 Å². The van der Waals surface area contributed by atoms with E-state index in [0.717, 1.165) is 5.69 Å². The highest BCUT2D eigenvalue weighted by Gasteiger charge is 1.93. The lowest BCUT2D eigenvalue weighted by molar-refractivity contribution is 0.304. The molecule has 0 aliphatic carbocycles. The molecule has 0 unspecified atom stereocenters. The van der Waals surface area contributed by atoms with Crippen molar-refractivity contribution in [2.45, 2.75) is 34.1 Å². The second-order valence-electron chi connectivity index (χ2n) is 4.47. The Labute approximate surface area is 113 Å². The summed E-state index contributed by atoms with van der Waals surface area (Å²) in [7, 11) is 1.82. The topological polar surface area (TPSA) is 32.5 Å². The van der Waals surface area contributed by atoms with E-state index in [9.17, 15) is 0 Å². The summed E-state index contributed by atoms with van der Waals surface area (Å²) < 4.78 is 0. The Morgan fingerprint density at radius 3 is 1.78 bits per heavy atom. The van der Waals surface area contributed by atoms with Gasteiger partial charge in [-0.25, -0.2) is 5.84 Å². The lowest BCUT2D eigenvalue weighted by Gasteiger charge is -2.15. The van der Waals surface area contributed by atoms with Crippen LogP contribution in [0.5, 0.6) is 0 Å². The van der Waals surface area contributed by atoms with Crippen LogP contribution in [0, 0.1) is 6.92 Å². The number of nitrogens with two attached hydrogens (primary N) is 1. The van der Waals surface area contributed by atoms with Crippen molar-refractivity contribution < 1.29 is 0 Å². The van der Waals surface area contributed by atoms with Crippen molar-refractivity contribution in [1.82, 2.24) is 4.90 Å². The van der Waals surface area contributed by atoms with E-state index in [4.69, 9.17) is 5.84 Å². The van der Waals surface area contributed by atoms with Gasteiger partial charge in [0.15, 0.2) is 0 Å². The van der Waals surface area contributed by atoms with Crippen molar-refractivity contribution in [2.75, 3.05) is 31.7 Å². The molecule has 0 saturated heterocycles. The van der Waals surface area contributed by atoms with Crippen LogP contribution < -0.4 is 10.9 Å². The van der Waals surface area contributed by atoms with E-state index in [1.165, 1.54) is 31.6 Å². The van der Waals surface area contributed by atoms with Crippen molar-refractivity contribution in [3.8, 4) is 0 Å². The predicted molar refractivity (Wildman–Crippen MR) is 81.8 cm³/mol.